The number of hydrogen-bond acceptors (Lipinski definition) is 5. The summed E-state index contributed by atoms with van der Waals surface area (Å²) < 4.78 is 6.91. The lowest BCUT2D eigenvalue weighted by atomic mass is 10.3. The minimum Gasteiger partial charge on any atom is -0.462 e. The number of carbonyl (C=O) groups excluding carboxylic acids is 2. The van der Waals surface area contributed by atoms with Gasteiger partial charge in [-0.1, -0.05) is 23.9 Å². The zero-order valence-corrected chi connectivity index (χ0v) is 12.7. The van der Waals surface area contributed by atoms with Crippen molar-refractivity contribution in [3.8, 4) is 0 Å². The number of rotatable bonds is 6. The van der Waals surface area contributed by atoms with E-state index in [-0.39, 0.29) is 24.4 Å². The molecule has 0 radical (unpaired) electrons. The highest BCUT2D eigenvalue weighted by Gasteiger charge is 2.16. The lowest BCUT2D eigenvalue weighted by Crippen LogP contribution is -2.18. The van der Waals surface area contributed by atoms with Gasteiger partial charge < -0.3 is 15.0 Å². The highest BCUT2D eigenvalue weighted by Crippen LogP contribution is 2.24. The molecule has 0 aliphatic carbocycles. The smallest absolute Gasteiger partial charge is 0.326 e. The summed E-state index contributed by atoms with van der Waals surface area (Å²) >= 11 is 1.21. The molecule has 21 heavy (non-hydrogen) atoms. The van der Waals surface area contributed by atoms with Crippen LogP contribution in [0.2, 0.25) is 0 Å². The van der Waals surface area contributed by atoms with Crippen LogP contribution >= 0.6 is 11.8 Å². The summed E-state index contributed by atoms with van der Waals surface area (Å²) in [5.41, 5.74) is 6.75. The fourth-order valence-electron chi connectivity index (χ4n) is 1.88. The molecule has 0 unspecified atom stereocenters. The molecular weight excluding hydrogens is 290 g/mol. The van der Waals surface area contributed by atoms with Crippen molar-refractivity contribution in [1.29, 1.82) is 0 Å². The molecule has 0 aliphatic heterocycles. The second-order valence-electron chi connectivity index (χ2n) is 4.76. The molecular formula is C14H17N3O3S. The first-order valence-corrected chi connectivity index (χ1v) is 7.51. The van der Waals surface area contributed by atoms with Crippen LogP contribution in [-0.4, -0.2) is 33.3 Å². The van der Waals surface area contributed by atoms with Gasteiger partial charge in [0.25, 0.3) is 0 Å². The van der Waals surface area contributed by atoms with E-state index >= 15 is 0 Å². The molecule has 2 N–H and O–H groups in total. The van der Waals surface area contributed by atoms with Crippen LogP contribution in [0.1, 0.15) is 13.8 Å². The van der Waals surface area contributed by atoms with E-state index in [2.05, 4.69) is 4.98 Å². The number of primary amides is 1. The number of imidazole rings is 1. The van der Waals surface area contributed by atoms with Gasteiger partial charge in [-0.2, -0.15) is 0 Å². The highest BCUT2D eigenvalue weighted by molar-refractivity contribution is 7.99. The van der Waals surface area contributed by atoms with Crippen LogP contribution in [0.4, 0.5) is 0 Å². The molecule has 6 nitrogen and oxygen atoms in total. The van der Waals surface area contributed by atoms with Crippen molar-refractivity contribution in [2.75, 3.05) is 5.75 Å². The summed E-state index contributed by atoms with van der Waals surface area (Å²) in [5, 5.41) is 0.579. The van der Waals surface area contributed by atoms with Gasteiger partial charge in [0.05, 0.1) is 22.9 Å². The van der Waals surface area contributed by atoms with Crippen molar-refractivity contribution >= 4 is 34.7 Å². The van der Waals surface area contributed by atoms with Gasteiger partial charge in [0.1, 0.15) is 6.54 Å². The predicted molar refractivity (Wildman–Crippen MR) is 80.9 cm³/mol. The number of ether oxygens (including phenoxy) is 1. The van der Waals surface area contributed by atoms with Crippen LogP contribution in [0.25, 0.3) is 11.0 Å². The Kier molecular flexibility index (Phi) is 4.85. The topological polar surface area (TPSA) is 87.2 Å². The normalized spacial score (nSPS) is 11.0. The number of fused-ring (bicyclic) bond motifs is 1. The SMILES string of the molecule is CC(C)OC(=O)Cn1c(SCC(N)=O)nc2ccccc21. The highest BCUT2D eigenvalue weighted by atomic mass is 32.2. The molecule has 1 aromatic carbocycles. The van der Waals surface area contributed by atoms with Crippen LogP contribution in [0.5, 0.6) is 0 Å². The van der Waals surface area contributed by atoms with E-state index in [9.17, 15) is 9.59 Å². The van der Waals surface area contributed by atoms with E-state index in [0.29, 0.717) is 5.16 Å². The average Bonchev–Trinajstić information content (AvgIpc) is 2.74. The van der Waals surface area contributed by atoms with Crippen LogP contribution in [-0.2, 0) is 20.9 Å². The number of benzene rings is 1. The van der Waals surface area contributed by atoms with Crippen molar-refractivity contribution in [2.24, 2.45) is 5.73 Å². The third-order valence-electron chi connectivity index (χ3n) is 2.62. The molecule has 2 aromatic rings. The van der Waals surface area contributed by atoms with E-state index < -0.39 is 5.91 Å². The van der Waals surface area contributed by atoms with Crippen LogP contribution in [0.3, 0.4) is 0 Å². The standard InChI is InChI=1S/C14H17N3O3S/c1-9(2)20-13(19)7-17-11-6-4-3-5-10(11)16-14(17)21-8-12(15)18/h3-6,9H,7-8H2,1-2H3,(H2,15,18). The maximum atomic E-state index is 11.9. The summed E-state index contributed by atoms with van der Waals surface area (Å²) in [5.74, 6) is -0.653. The minimum absolute atomic E-state index is 0.0553. The molecule has 0 bridgehead atoms. The number of nitrogens with zero attached hydrogens (tertiary/aromatic N) is 2. The number of amides is 1. The minimum atomic E-state index is -0.427. The molecule has 0 saturated carbocycles. The molecule has 7 heteroatoms. The summed E-state index contributed by atoms with van der Waals surface area (Å²) in [6.07, 6.45) is -0.172. The Bertz CT molecular complexity index is 667. The van der Waals surface area contributed by atoms with E-state index in [1.165, 1.54) is 11.8 Å². The largest absolute Gasteiger partial charge is 0.462 e. The second kappa shape index (κ2) is 6.62. The Morgan fingerprint density at radius 1 is 1.38 bits per heavy atom. The van der Waals surface area contributed by atoms with Gasteiger partial charge in [0.2, 0.25) is 5.91 Å². The molecule has 0 aliphatic rings. The monoisotopic (exact) mass is 307 g/mol. The Morgan fingerprint density at radius 2 is 2.10 bits per heavy atom. The molecule has 0 spiro atoms. The molecule has 2 rings (SSSR count). The summed E-state index contributed by atoms with van der Waals surface area (Å²) in [4.78, 5) is 27.2. The van der Waals surface area contributed by atoms with Crippen molar-refractivity contribution in [2.45, 2.75) is 31.7 Å². The van der Waals surface area contributed by atoms with E-state index in [4.69, 9.17) is 10.5 Å². The molecule has 0 fully saturated rings. The number of esters is 1. The maximum Gasteiger partial charge on any atom is 0.326 e. The first-order valence-electron chi connectivity index (χ1n) is 6.53. The lowest BCUT2D eigenvalue weighted by molar-refractivity contribution is -0.148. The Balaban J connectivity index is 2.31. The number of carbonyl (C=O) groups is 2. The molecule has 112 valence electrons. The van der Waals surface area contributed by atoms with Crippen molar-refractivity contribution < 1.29 is 14.3 Å². The molecule has 1 amide bonds. The fourth-order valence-corrected chi connectivity index (χ4v) is 2.63. The number of hydrogen-bond donors (Lipinski definition) is 1. The molecule has 0 atom stereocenters. The predicted octanol–water partition coefficient (Wildman–Crippen LogP) is 1.57. The van der Waals surface area contributed by atoms with Crippen molar-refractivity contribution in [1.82, 2.24) is 9.55 Å². The molecule has 0 saturated heterocycles. The van der Waals surface area contributed by atoms with Gasteiger partial charge in [-0.15, -0.1) is 0 Å². The zero-order valence-electron chi connectivity index (χ0n) is 11.9. The van der Waals surface area contributed by atoms with Gasteiger partial charge in [-0.25, -0.2) is 4.98 Å². The van der Waals surface area contributed by atoms with Gasteiger partial charge >= 0.3 is 5.97 Å². The van der Waals surface area contributed by atoms with Crippen LogP contribution in [0, 0.1) is 0 Å². The Morgan fingerprint density at radius 3 is 2.76 bits per heavy atom. The number of thioether (sulfide) groups is 1. The first-order chi connectivity index (χ1) is 9.97. The van der Waals surface area contributed by atoms with Gasteiger partial charge in [0.15, 0.2) is 5.16 Å². The van der Waals surface area contributed by atoms with E-state index in [1.54, 1.807) is 18.4 Å². The van der Waals surface area contributed by atoms with E-state index in [0.717, 1.165) is 11.0 Å². The Hall–Kier alpha value is -2.02. The quantitative estimate of drug-likeness (QED) is 0.646. The third kappa shape index (κ3) is 3.98. The number of para-hydroxylation sites is 2. The molecule has 1 heterocycles. The van der Waals surface area contributed by atoms with Gasteiger partial charge in [-0.05, 0) is 26.0 Å². The second-order valence-corrected chi connectivity index (χ2v) is 5.71. The summed E-state index contributed by atoms with van der Waals surface area (Å²) in [6, 6.07) is 7.47. The summed E-state index contributed by atoms with van der Waals surface area (Å²) in [7, 11) is 0. The Labute approximate surface area is 126 Å². The number of aromatic nitrogens is 2. The van der Waals surface area contributed by atoms with Crippen LogP contribution < -0.4 is 5.73 Å². The van der Waals surface area contributed by atoms with E-state index in [1.807, 2.05) is 24.3 Å². The maximum absolute atomic E-state index is 11.9. The fraction of sp³-hybridized carbons (Fsp3) is 0.357. The average molecular weight is 307 g/mol. The number of nitrogens with two attached hydrogens (primary N) is 1. The summed E-state index contributed by atoms with van der Waals surface area (Å²) in [6.45, 7) is 3.65. The van der Waals surface area contributed by atoms with Gasteiger partial charge in [0, 0.05) is 0 Å². The van der Waals surface area contributed by atoms with Crippen LogP contribution in [0.15, 0.2) is 29.4 Å². The third-order valence-corrected chi connectivity index (χ3v) is 3.62. The zero-order chi connectivity index (χ0) is 15.4. The van der Waals surface area contributed by atoms with Crippen molar-refractivity contribution in [3.05, 3.63) is 24.3 Å². The molecule has 1 aromatic heterocycles. The van der Waals surface area contributed by atoms with Gasteiger partial charge in [-0.3, -0.25) is 9.59 Å². The lowest BCUT2D eigenvalue weighted by Gasteiger charge is -2.10. The first kappa shape index (κ1) is 15.4. The van der Waals surface area contributed by atoms with Crippen molar-refractivity contribution in [3.63, 3.8) is 0 Å².